The minimum Gasteiger partial charge on any atom is -0.329 e. The van der Waals surface area contributed by atoms with E-state index in [2.05, 4.69) is 159 Å². The Bertz CT molecular complexity index is 3800. The van der Waals surface area contributed by atoms with Crippen molar-refractivity contribution in [3.63, 3.8) is 0 Å². The van der Waals surface area contributed by atoms with Crippen LogP contribution >= 0.6 is 69.3 Å². The highest BCUT2D eigenvalue weighted by atomic mass is 32.2. The third-order valence-corrected chi connectivity index (χ3v) is 42.7. The minimum atomic E-state index is -2.41. The molecule has 13 unspecified atom stereocenters. The van der Waals surface area contributed by atoms with Gasteiger partial charge in [-0.3, -0.25) is 9.89 Å². The Hall–Kier alpha value is -4.10. The van der Waals surface area contributed by atoms with E-state index < -0.39 is 16.1 Å². The largest absolute Gasteiger partial charge is 0.329 e. The number of nitrogens with zero attached hydrogens (tertiary/aromatic N) is 6. The first-order chi connectivity index (χ1) is 43.6. The fourth-order valence-electron chi connectivity index (χ4n) is 20.2. The number of hydrogen-bond donors (Lipinski definition) is 0. The predicted octanol–water partition coefficient (Wildman–Crippen LogP) is 18.7. The van der Waals surface area contributed by atoms with Gasteiger partial charge in [-0.15, -0.1) is 87.0 Å². The number of hydrogen-bond acceptors (Lipinski definition) is 12. The van der Waals surface area contributed by atoms with Crippen LogP contribution < -0.4 is 20.5 Å². The highest BCUT2D eigenvalue weighted by molar-refractivity contribution is 8.14. The van der Waals surface area contributed by atoms with Crippen molar-refractivity contribution in [2.75, 3.05) is 17.2 Å². The molecule has 3 fully saturated rings. The summed E-state index contributed by atoms with van der Waals surface area (Å²) in [7, 11) is -4.50. The van der Waals surface area contributed by atoms with Crippen LogP contribution in [0, 0.1) is 0 Å². The highest BCUT2D eigenvalue weighted by Crippen LogP contribution is 2.65. The standard InChI is InChI=1S/C74H80N6S6Si2/c1-5-13-51(14-6-1)87(52-15-7-2-8-16-52)67-29-21-47(41-55(67)57-43-49(23-31-69(57)87)79-59(71-75-33-37-81-71)25-26-60(79)72-76-34-38-82-72)63-45-65-66(85-63)46-64(86-65)48-22-30-68-56(42-48)58-44-50(80-61(73-77-35-39-83-73)27-28-62(80)74-78-36-40-84-74)24-32-70(58)88(68,53-17-9-3-10-18-53)54-19-11-4-12-20-54/h5,7,9,13,15,17,19,21-22,24,27,29-30,32-35,37-39,41-42,44,46,49,51-53,57,59-60,62-63,65-66,69H,1-4,6,8,10-12,14,16,18,20,23,25-26,28,31,36,40,43,45H2/q-1. The molecule has 0 amide bonds. The number of allylic oxidation sites excluding steroid dienone is 8. The fourth-order valence-corrected chi connectivity index (χ4v) is 41.0. The van der Waals surface area contributed by atoms with Crippen LogP contribution in [0.5, 0.6) is 0 Å². The van der Waals surface area contributed by atoms with Crippen molar-refractivity contribution in [2.45, 2.75) is 196 Å². The van der Waals surface area contributed by atoms with Crippen LogP contribution in [0.4, 0.5) is 5.69 Å². The minimum absolute atomic E-state index is 0.216. The smallest absolute Gasteiger partial charge is 0.139 e. The molecule has 3 aromatic heterocycles. The normalized spacial score (nSPS) is 34.8. The van der Waals surface area contributed by atoms with E-state index in [1.807, 2.05) is 63.4 Å². The van der Waals surface area contributed by atoms with Crippen molar-refractivity contribution in [3.8, 4) is 11.1 Å². The lowest BCUT2D eigenvalue weighted by atomic mass is 9.79. The molecule has 2 saturated heterocycles. The lowest BCUT2D eigenvalue weighted by molar-refractivity contribution is 0.0910. The van der Waals surface area contributed by atoms with E-state index in [4.69, 9.17) is 19.9 Å². The maximum atomic E-state index is 5.12. The zero-order valence-electron chi connectivity index (χ0n) is 50.5. The van der Waals surface area contributed by atoms with E-state index >= 15 is 0 Å². The van der Waals surface area contributed by atoms with Crippen LogP contribution in [-0.2, 0) is 0 Å². The van der Waals surface area contributed by atoms with Gasteiger partial charge in [-0.1, -0.05) is 130 Å². The summed E-state index contributed by atoms with van der Waals surface area (Å²) in [6.45, 7) is 0.920. The number of likely N-dealkylation sites (tertiary alicyclic amines) is 1. The van der Waals surface area contributed by atoms with Crippen LogP contribution in [-0.4, -0.2) is 75.9 Å². The molecule has 1 saturated carbocycles. The summed E-state index contributed by atoms with van der Waals surface area (Å²) in [5.41, 5.74) is 13.3. The molecule has 6 nitrogen and oxygen atoms in total. The predicted molar refractivity (Wildman–Crippen MR) is 384 cm³/mol. The summed E-state index contributed by atoms with van der Waals surface area (Å²) in [4.78, 5) is 27.3. The Labute approximate surface area is 548 Å². The second kappa shape index (κ2) is 23.5. The van der Waals surface area contributed by atoms with Gasteiger partial charge in [0.2, 0.25) is 0 Å². The third kappa shape index (κ3) is 9.16. The lowest BCUT2D eigenvalue weighted by Crippen LogP contribution is -2.61. The van der Waals surface area contributed by atoms with Crippen LogP contribution in [0.2, 0.25) is 22.2 Å². The van der Waals surface area contributed by atoms with E-state index in [1.54, 1.807) is 32.8 Å². The van der Waals surface area contributed by atoms with Gasteiger partial charge < -0.3 is 4.90 Å². The first-order valence-corrected chi connectivity index (χ1v) is 43.7. The molecule has 12 aliphatic rings. The molecule has 10 heterocycles. The summed E-state index contributed by atoms with van der Waals surface area (Å²) in [6, 6.07) is 25.7. The molecule has 0 N–H and O–H groups in total. The fraction of sp³-hybridized carbons (Fsp3) is 0.459. The SMILES string of the molecule is C1=CC([Si]2(C3C=CCCC3)c3ccc(C4CC5SC(c6ccc7c(c6)-c6cc(N8C(c9nccs9)=CCC8C8=NCCS8)ccc6[Si-]7(C6=CCCCC6)C6C=CCCC6)=CC5S4)cc3C3CC(N4C(c5nccs5)CCC4c4nccs4)CCC32)CCC1. The summed E-state index contributed by atoms with van der Waals surface area (Å²) in [5, 5.41) is 20.2. The molecule has 6 aromatic rings. The first-order valence-electron chi connectivity index (χ1n) is 33.9. The number of thiazole rings is 3. The Morgan fingerprint density at radius 1 is 0.648 bits per heavy atom. The van der Waals surface area contributed by atoms with Gasteiger partial charge in [0, 0.05) is 79.4 Å². The van der Waals surface area contributed by atoms with E-state index in [0.29, 0.717) is 45.3 Å². The number of benzene rings is 3. The first kappa shape index (κ1) is 56.6. The van der Waals surface area contributed by atoms with Crippen LogP contribution in [0.1, 0.15) is 183 Å². The number of aliphatic imine (C=N–C) groups is 1. The van der Waals surface area contributed by atoms with Gasteiger partial charge in [0.1, 0.15) is 23.1 Å². The molecule has 14 heteroatoms. The molecule has 88 heavy (non-hydrogen) atoms. The zero-order valence-corrected chi connectivity index (χ0v) is 57.4. The van der Waals surface area contributed by atoms with Gasteiger partial charge in [0.15, 0.2) is 0 Å². The second-order valence-electron chi connectivity index (χ2n) is 27.6. The van der Waals surface area contributed by atoms with E-state index in [1.165, 1.54) is 170 Å². The van der Waals surface area contributed by atoms with E-state index in [9.17, 15) is 0 Å². The number of aromatic nitrogens is 3. The number of thioether (sulfide) groups is 3. The van der Waals surface area contributed by atoms with Crippen molar-refractivity contribution >= 4 is 122 Å². The van der Waals surface area contributed by atoms with Gasteiger partial charge in [-0.05, 0) is 159 Å². The Morgan fingerprint density at radius 2 is 1.41 bits per heavy atom. The van der Waals surface area contributed by atoms with Crippen LogP contribution in [0.3, 0.4) is 0 Å². The molecule has 0 spiro atoms. The molecule has 13 atom stereocenters. The van der Waals surface area contributed by atoms with Gasteiger partial charge in [-0.25, -0.2) is 20.1 Å². The van der Waals surface area contributed by atoms with E-state index in [0.717, 1.165) is 40.3 Å². The number of rotatable bonds is 12. The monoisotopic (exact) mass is 1300 g/mol. The Balaban J connectivity index is 0.696. The summed E-state index contributed by atoms with van der Waals surface area (Å²) >= 11 is 12.0. The van der Waals surface area contributed by atoms with Gasteiger partial charge in [0.05, 0.1) is 28.9 Å². The summed E-state index contributed by atoms with van der Waals surface area (Å²) < 4.78 is 0. The molecule has 7 aliphatic heterocycles. The second-order valence-corrected chi connectivity index (χ2v) is 42.8. The van der Waals surface area contributed by atoms with Crippen LogP contribution in [0.25, 0.3) is 21.7 Å². The van der Waals surface area contributed by atoms with Crippen molar-refractivity contribution in [2.24, 2.45) is 4.99 Å². The summed E-state index contributed by atoms with van der Waals surface area (Å²) in [5.74, 6) is 1.70. The molecule has 3 aromatic carbocycles. The zero-order chi connectivity index (χ0) is 57.9. The van der Waals surface area contributed by atoms with Crippen molar-refractivity contribution < 1.29 is 0 Å². The Kier molecular flexibility index (Phi) is 15.1. The quantitative estimate of drug-likeness (QED) is 0.0887. The summed E-state index contributed by atoms with van der Waals surface area (Å²) in [6.07, 6.45) is 55.5. The topological polar surface area (TPSA) is 57.5 Å². The molecule has 451 valence electrons. The van der Waals surface area contributed by atoms with Crippen LogP contribution in [0.15, 0.2) is 154 Å². The van der Waals surface area contributed by atoms with Crippen molar-refractivity contribution in [1.82, 2.24) is 19.9 Å². The maximum Gasteiger partial charge on any atom is 0.139 e. The molecule has 5 aliphatic carbocycles. The molecular formula is C74H80N6S6Si2-. The number of anilines is 1. The van der Waals surface area contributed by atoms with Crippen molar-refractivity contribution in [1.29, 1.82) is 0 Å². The van der Waals surface area contributed by atoms with Gasteiger partial charge in [0.25, 0.3) is 0 Å². The highest BCUT2D eigenvalue weighted by Gasteiger charge is 2.62. The molecule has 0 bridgehead atoms. The van der Waals surface area contributed by atoms with Crippen molar-refractivity contribution in [3.05, 3.63) is 181 Å². The maximum absolute atomic E-state index is 5.12. The van der Waals surface area contributed by atoms with Gasteiger partial charge >= 0.3 is 0 Å². The number of fused-ring (bicyclic) bond motifs is 7. The lowest BCUT2D eigenvalue weighted by Gasteiger charge is -2.52. The molecule has 0 radical (unpaired) electrons. The Morgan fingerprint density at radius 3 is 2.09 bits per heavy atom. The van der Waals surface area contributed by atoms with Gasteiger partial charge in [-0.2, -0.15) is 10.4 Å². The average molecular weight is 1300 g/mol. The molecular weight excluding hydrogens is 1220 g/mol. The average Bonchev–Trinajstić information content (AvgIpc) is 1.60. The van der Waals surface area contributed by atoms with E-state index in [-0.39, 0.29) is 6.04 Å². The third-order valence-electron chi connectivity index (χ3n) is 23.5. The molecule has 18 rings (SSSR count).